The number of hydrogen-bond acceptors (Lipinski definition) is 8. The lowest BCUT2D eigenvalue weighted by Gasteiger charge is -2.28. The number of allylic oxidation sites excluding steroid dienone is 1. The fraction of sp³-hybridized carbons (Fsp3) is 0.917. The van der Waals surface area contributed by atoms with E-state index in [0.29, 0.717) is 17.4 Å². The van der Waals surface area contributed by atoms with Crippen LogP contribution in [-0.4, -0.2) is 70.0 Å². The maximum absolute atomic E-state index is 12.7. The number of phosphoric acid groups is 1. The van der Waals surface area contributed by atoms with Gasteiger partial charge in [-0.25, -0.2) is 4.79 Å². The van der Waals surface area contributed by atoms with Gasteiger partial charge in [-0.1, -0.05) is 213 Å². The SMILES string of the molecule is CCCCCCCCCCCCCCCCCC=CC(=O)OC[C@H](COP(=O)([O-])OCC[N+](C)(C)C)OC(=O)CCCCCCCCCCCCCCCCCCC. The van der Waals surface area contributed by atoms with E-state index in [2.05, 4.69) is 13.8 Å². The minimum Gasteiger partial charge on any atom is -0.756 e. The summed E-state index contributed by atoms with van der Waals surface area (Å²) in [6.07, 6.45) is 44.2. The molecule has 1 unspecified atom stereocenters. The van der Waals surface area contributed by atoms with E-state index < -0.39 is 32.5 Å². The lowest BCUT2D eigenvalue weighted by Crippen LogP contribution is -2.37. The van der Waals surface area contributed by atoms with Gasteiger partial charge in [-0.05, 0) is 19.3 Å². The molecule has 0 aliphatic carbocycles. The molecule has 9 nitrogen and oxygen atoms in total. The number of unbranched alkanes of at least 4 members (excludes halogenated alkanes) is 31. The van der Waals surface area contributed by atoms with Crippen molar-refractivity contribution >= 4 is 19.8 Å². The second-order valence-corrected chi connectivity index (χ2v) is 19.3. The van der Waals surface area contributed by atoms with Crippen LogP contribution in [0.4, 0.5) is 0 Å². The number of likely N-dealkylation sites (N-methyl/N-ethyl adjacent to an activating group) is 1. The molecule has 0 saturated heterocycles. The topological polar surface area (TPSA) is 111 Å². The summed E-state index contributed by atoms with van der Waals surface area (Å²) in [5.74, 6) is -1.01. The molecule has 0 aliphatic rings. The zero-order chi connectivity index (χ0) is 42.8. The van der Waals surface area contributed by atoms with E-state index in [1.165, 1.54) is 179 Å². The molecule has 0 bridgehead atoms. The van der Waals surface area contributed by atoms with Crippen molar-refractivity contribution in [3.63, 3.8) is 0 Å². The third kappa shape index (κ3) is 44.3. The number of hydrogen-bond donors (Lipinski definition) is 0. The van der Waals surface area contributed by atoms with Crippen LogP contribution in [0.2, 0.25) is 0 Å². The number of quaternary nitrogens is 1. The Labute approximate surface area is 358 Å². The maximum atomic E-state index is 12.7. The van der Waals surface area contributed by atoms with Crippen LogP contribution in [0.1, 0.15) is 232 Å². The molecule has 10 heteroatoms. The number of carbonyl (C=O) groups is 2. The van der Waals surface area contributed by atoms with E-state index in [1.54, 1.807) is 0 Å². The summed E-state index contributed by atoms with van der Waals surface area (Å²) in [6, 6.07) is 0. The molecule has 0 amide bonds. The van der Waals surface area contributed by atoms with Crippen LogP contribution >= 0.6 is 7.82 Å². The van der Waals surface area contributed by atoms with Gasteiger partial charge in [0.15, 0.2) is 6.10 Å². The van der Waals surface area contributed by atoms with Crippen LogP contribution in [0, 0.1) is 0 Å². The molecule has 344 valence electrons. The van der Waals surface area contributed by atoms with Gasteiger partial charge < -0.3 is 27.9 Å². The van der Waals surface area contributed by atoms with Gasteiger partial charge in [-0.3, -0.25) is 9.36 Å². The van der Waals surface area contributed by atoms with E-state index in [4.69, 9.17) is 18.5 Å². The first-order valence-electron chi connectivity index (χ1n) is 24.4. The Morgan fingerprint density at radius 1 is 0.552 bits per heavy atom. The van der Waals surface area contributed by atoms with Crippen molar-refractivity contribution in [1.82, 2.24) is 0 Å². The largest absolute Gasteiger partial charge is 0.756 e. The molecule has 0 fully saturated rings. The predicted molar refractivity (Wildman–Crippen MR) is 241 cm³/mol. The van der Waals surface area contributed by atoms with Crippen LogP contribution in [0.3, 0.4) is 0 Å². The summed E-state index contributed by atoms with van der Waals surface area (Å²) in [5.41, 5.74) is 0. The Hall–Kier alpha value is -1.25. The molecule has 0 aliphatic heterocycles. The predicted octanol–water partition coefficient (Wildman–Crippen LogP) is 13.5. The molecule has 0 radical (unpaired) electrons. The van der Waals surface area contributed by atoms with Crippen LogP contribution in [0.15, 0.2) is 12.2 Å². The highest BCUT2D eigenvalue weighted by Gasteiger charge is 2.21. The molecule has 58 heavy (non-hydrogen) atoms. The Bertz CT molecular complexity index is 1000. The maximum Gasteiger partial charge on any atom is 0.330 e. The van der Waals surface area contributed by atoms with Crippen molar-refractivity contribution in [3.8, 4) is 0 Å². The second kappa shape index (κ2) is 41.1. The average Bonchev–Trinajstić information content (AvgIpc) is 3.17. The number of rotatable bonds is 45. The quantitative estimate of drug-likeness (QED) is 0.0196. The van der Waals surface area contributed by atoms with E-state index in [-0.39, 0.29) is 19.6 Å². The number of esters is 2. The molecule has 0 saturated carbocycles. The average molecular weight is 844 g/mol. The van der Waals surface area contributed by atoms with Gasteiger partial charge in [0.1, 0.15) is 19.8 Å². The number of ether oxygens (including phenoxy) is 2. The van der Waals surface area contributed by atoms with E-state index in [9.17, 15) is 19.0 Å². The van der Waals surface area contributed by atoms with Gasteiger partial charge in [0.2, 0.25) is 0 Å². The number of nitrogens with zero attached hydrogens (tertiary/aromatic N) is 1. The molecule has 0 N–H and O–H groups in total. The first-order chi connectivity index (χ1) is 28.0. The summed E-state index contributed by atoms with van der Waals surface area (Å²) >= 11 is 0. The van der Waals surface area contributed by atoms with Crippen molar-refractivity contribution in [2.75, 3.05) is 47.5 Å². The molecule has 0 aromatic rings. The summed E-state index contributed by atoms with van der Waals surface area (Å²) in [7, 11) is 1.15. The van der Waals surface area contributed by atoms with Gasteiger partial charge in [-0.15, -0.1) is 0 Å². The van der Waals surface area contributed by atoms with Crippen molar-refractivity contribution < 1.29 is 42.1 Å². The van der Waals surface area contributed by atoms with Gasteiger partial charge in [0.05, 0.1) is 27.7 Å². The van der Waals surface area contributed by atoms with Gasteiger partial charge in [-0.2, -0.15) is 0 Å². The fourth-order valence-corrected chi connectivity index (χ4v) is 7.76. The molecular weight excluding hydrogens is 750 g/mol. The van der Waals surface area contributed by atoms with Crippen molar-refractivity contribution in [3.05, 3.63) is 12.2 Å². The molecule has 0 aromatic heterocycles. The van der Waals surface area contributed by atoms with Crippen LogP contribution in [0.25, 0.3) is 0 Å². The first kappa shape index (κ1) is 56.8. The minimum absolute atomic E-state index is 0.0345. The van der Waals surface area contributed by atoms with Crippen LogP contribution in [-0.2, 0) is 32.7 Å². The van der Waals surface area contributed by atoms with Gasteiger partial charge >= 0.3 is 11.9 Å². The fourth-order valence-electron chi connectivity index (χ4n) is 7.03. The Morgan fingerprint density at radius 3 is 1.33 bits per heavy atom. The van der Waals surface area contributed by atoms with Gasteiger partial charge in [0.25, 0.3) is 7.82 Å². The summed E-state index contributed by atoms with van der Waals surface area (Å²) < 4.78 is 33.9. The van der Waals surface area contributed by atoms with E-state index in [0.717, 1.165) is 32.1 Å². The Balaban J connectivity index is 4.30. The Kier molecular flexibility index (Phi) is 40.2. The third-order valence-electron chi connectivity index (χ3n) is 10.9. The van der Waals surface area contributed by atoms with Crippen LogP contribution < -0.4 is 4.89 Å². The highest BCUT2D eigenvalue weighted by molar-refractivity contribution is 7.45. The Morgan fingerprint density at radius 2 is 0.931 bits per heavy atom. The highest BCUT2D eigenvalue weighted by Crippen LogP contribution is 2.38. The van der Waals surface area contributed by atoms with E-state index >= 15 is 0 Å². The summed E-state index contributed by atoms with van der Waals surface area (Å²) in [5, 5.41) is 0. The molecule has 0 rings (SSSR count). The standard InChI is InChI=1S/C48H94NO8P/c1-6-8-10-12-14-16-18-20-22-24-26-28-30-32-34-36-38-40-47(50)54-44-46(45-56-58(52,53)55-43-42-49(3,4)5)57-48(51)41-39-37-35-33-31-29-27-25-23-21-19-17-15-13-11-9-7-2/h38,40,46H,6-37,39,41-45H2,1-5H3/t46-/m1/s1. The lowest BCUT2D eigenvalue weighted by molar-refractivity contribution is -0.870. The second-order valence-electron chi connectivity index (χ2n) is 17.9. The van der Waals surface area contributed by atoms with Gasteiger partial charge in [0, 0.05) is 12.5 Å². The summed E-state index contributed by atoms with van der Waals surface area (Å²) in [6.45, 7) is 4.19. The summed E-state index contributed by atoms with van der Waals surface area (Å²) in [4.78, 5) is 37.5. The zero-order valence-electron chi connectivity index (χ0n) is 38.8. The number of carbonyl (C=O) groups excluding carboxylic acids is 2. The third-order valence-corrected chi connectivity index (χ3v) is 11.8. The van der Waals surface area contributed by atoms with Crippen molar-refractivity contribution in [2.45, 2.75) is 238 Å². The van der Waals surface area contributed by atoms with E-state index in [1.807, 2.05) is 27.2 Å². The minimum atomic E-state index is -4.63. The van der Waals surface area contributed by atoms with Crippen molar-refractivity contribution in [1.29, 1.82) is 0 Å². The molecule has 0 aromatic carbocycles. The molecule has 0 spiro atoms. The monoisotopic (exact) mass is 844 g/mol. The molecule has 0 heterocycles. The number of phosphoric ester groups is 1. The lowest BCUT2D eigenvalue weighted by atomic mass is 10.0. The van der Waals surface area contributed by atoms with Crippen LogP contribution in [0.5, 0.6) is 0 Å². The highest BCUT2D eigenvalue weighted by atomic mass is 31.2. The van der Waals surface area contributed by atoms with Crippen molar-refractivity contribution in [2.24, 2.45) is 0 Å². The normalized spacial score (nSPS) is 13.6. The molecule has 2 atom stereocenters. The smallest absolute Gasteiger partial charge is 0.330 e. The molecular formula is C48H94NO8P. The first-order valence-corrected chi connectivity index (χ1v) is 25.9. The zero-order valence-corrected chi connectivity index (χ0v) is 39.7.